The van der Waals surface area contributed by atoms with E-state index in [4.69, 9.17) is 16.0 Å². The Hall–Kier alpha value is -2.62. The molecule has 0 saturated heterocycles. The molecule has 3 aromatic heterocycles. The third-order valence-electron chi connectivity index (χ3n) is 3.77. The number of carbonyl (C=O) groups is 1. The van der Waals surface area contributed by atoms with Gasteiger partial charge in [0.2, 0.25) is 17.7 Å². The highest BCUT2D eigenvalue weighted by molar-refractivity contribution is 7.14. The van der Waals surface area contributed by atoms with Crippen molar-refractivity contribution in [2.24, 2.45) is 0 Å². The Labute approximate surface area is 172 Å². The molecular weight excluding hydrogens is 423 g/mol. The second-order valence-electron chi connectivity index (χ2n) is 5.73. The number of aromatic nitrogens is 3. The zero-order valence-corrected chi connectivity index (χ0v) is 16.6. The van der Waals surface area contributed by atoms with Gasteiger partial charge >= 0.3 is 0 Å². The molecule has 1 aromatic carbocycles. The third kappa shape index (κ3) is 4.27. The molecule has 1 amide bonds. The van der Waals surface area contributed by atoms with Gasteiger partial charge < -0.3 is 9.73 Å². The summed E-state index contributed by atoms with van der Waals surface area (Å²) in [7, 11) is 0. The van der Waals surface area contributed by atoms with Gasteiger partial charge in [0.25, 0.3) is 0 Å². The van der Waals surface area contributed by atoms with Crippen molar-refractivity contribution in [2.75, 3.05) is 5.32 Å². The highest BCUT2D eigenvalue weighted by Crippen LogP contribution is 2.28. The second kappa shape index (κ2) is 8.17. The van der Waals surface area contributed by atoms with Crippen molar-refractivity contribution in [3.8, 4) is 22.7 Å². The summed E-state index contributed by atoms with van der Waals surface area (Å²) in [5.74, 6) is 0.141. The number of nitrogens with one attached hydrogen (secondary N) is 1. The first-order valence-corrected chi connectivity index (χ1v) is 10.3. The van der Waals surface area contributed by atoms with E-state index in [2.05, 4.69) is 20.5 Å². The van der Waals surface area contributed by atoms with Crippen molar-refractivity contribution in [2.45, 2.75) is 12.8 Å². The molecular formula is C18H12ClFN4O2S2. The number of thiazole rings is 1. The smallest absolute Gasteiger partial charge is 0.248 e. The standard InChI is InChI=1S/C18H12ClFN4O2S2/c19-12-7-10(1-2-13(12)20)14-9-28-18(21-14)22-15(25)3-4-16-23-24-17(26-16)11-5-6-27-8-11/h1-2,5-9H,3-4H2,(H,21,22,25). The average Bonchev–Trinajstić information content (AvgIpc) is 3.43. The highest BCUT2D eigenvalue weighted by Gasteiger charge is 2.13. The molecule has 1 N–H and O–H groups in total. The Morgan fingerprint density at radius 2 is 2.11 bits per heavy atom. The number of hydrogen-bond acceptors (Lipinski definition) is 7. The maximum Gasteiger partial charge on any atom is 0.248 e. The lowest BCUT2D eigenvalue weighted by Crippen LogP contribution is -2.12. The van der Waals surface area contributed by atoms with Gasteiger partial charge in [-0.1, -0.05) is 11.6 Å². The van der Waals surface area contributed by atoms with Crippen molar-refractivity contribution in [1.29, 1.82) is 0 Å². The lowest BCUT2D eigenvalue weighted by molar-refractivity contribution is -0.116. The van der Waals surface area contributed by atoms with E-state index in [1.165, 1.54) is 23.5 Å². The van der Waals surface area contributed by atoms with Crippen LogP contribution in [0.3, 0.4) is 0 Å². The summed E-state index contributed by atoms with van der Waals surface area (Å²) in [6.45, 7) is 0. The summed E-state index contributed by atoms with van der Waals surface area (Å²) >= 11 is 8.62. The van der Waals surface area contributed by atoms with E-state index in [1.807, 2.05) is 16.8 Å². The lowest BCUT2D eigenvalue weighted by Gasteiger charge is -2.00. The summed E-state index contributed by atoms with van der Waals surface area (Å²) in [5.41, 5.74) is 2.15. The van der Waals surface area contributed by atoms with Crippen molar-refractivity contribution in [3.05, 3.63) is 57.1 Å². The number of anilines is 1. The normalized spacial score (nSPS) is 10.9. The van der Waals surface area contributed by atoms with Crippen molar-refractivity contribution in [3.63, 3.8) is 0 Å². The van der Waals surface area contributed by atoms with Crippen LogP contribution in [-0.4, -0.2) is 21.1 Å². The van der Waals surface area contributed by atoms with Crippen LogP contribution < -0.4 is 5.32 Å². The molecule has 0 aliphatic rings. The van der Waals surface area contributed by atoms with Crippen LogP contribution in [-0.2, 0) is 11.2 Å². The van der Waals surface area contributed by atoms with Crippen LogP contribution in [0.1, 0.15) is 12.3 Å². The first-order valence-electron chi connectivity index (χ1n) is 8.14. The minimum absolute atomic E-state index is 0.0254. The largest absolute Gasteiger partial charge is 0.421 e. The number of aryl methyl sites for hydroxylation is 1. The number of halogens is 2. The Kier molecular flexibility index (Phi) is 5.47. The SMILES string of the molecule is O=C(CCc1nnc(-c2ccsc2)o1)Nc1nc(-c2ccc(F)c(Cl)c2)cs1. The van der Waals surface area contributed by atoms with Gasteiger partial charge in [-0.15, -0.1) is 21.5 Å². The third-order valence-corrected chi connectivity index (χ3v) is 5.50. The van der Waals surface area contributed by atoms with Crippen LogP contribution in [0.4, 0.5) is 9.52 Å². The molecule has 142 valence electrons. The second-order valence-corrected chi connectivity index (χ2v) is 7.77. The lowest BCUT2D eigenvalue weighted by atomic mass is 10.2. The van der Waals surface area contributed by atoms with Crippen LogP contribution in [0.2, 0.25) is 5.02 Å². The van der Waals surface area contributed by atoms with E-state index in [0.717, 1.165) is 5.56 Å². The van der Waals surface area contributed by atoms with E-state index in [1.54, 1.807) is 22.8 Å². The molecule has 0 atom stereocenters. The fraction of sp³-hybridized carbons (Fsp3) is 0.111. The van der Waals surface area contributed by atoms with E-state index >= 15 is 0 Å². The zero-order valence-electron chi connectivity index (χ0n) is 14.2. The summed E-state index contributed by atoms with van der Waals surface area (Å²) < 4.78 is 18.8. The molecule has 3 heterocycles. The van der Waals surface area contributed by atoms with Crippen molar-refractivity contribution >= 4 is 45.3 Å². The number of nitrogens with zero attached hydrogens (tertiary/aromatic N) is 3. The first kappa shape index (κ1) is 18.7. The van der Waals surface area contributed by atoms with Gasteiger partial charge in [0.15, 0.2) is 5.13 Å². The topological polar surface area (TPSA) is 80.9 Å². The van der Waals surface area contributed by atoms with Crippen LogP contribution in [0.15, 0.2) is 44.8 Å². The van der Waals surface area contributed by atoms with Gasteiger partial charge in [0, 0.05) is 34.7 Å². The summed E-state index contributed by atoms with van der Waals surface area (Å²) in [6.07, 6.45) is 0.511. The van der Waals surface area contributed by atoms with Gasteiger partial charge in [0.05, 0.1) is 10.7 Å². The van der Waals surface area contributed by atoms with Gasteiger partial charge in [0.1, 0.15) is 5.82 Å². The molecule has 0 radical (unpaired) electrons. The molecule has 0 saturated carbocycles. The van der Waals surface area contributed by atoms with E-state index in [-0.39, 0.29) is 17.4 Å². The van der Waals surface area contributed by atoms with Gasteiger partial charge in [-0.25, -0.2) is 9.37 Å². The number of thiophene rings is 1. The molecule has 0 aliphatic carbocycles. The van der Waals surface area contributed by atoms with Gasteiger partial charge in [-0.3, -0.25) is 4.79 Å². The molecule has 0 spiro atoms. The minimum atomic E-state index is -0.489. The Morgan fingerprint density at radius 3 is 2.89 bits per heavy atom. The number of benzene rings is 1. The van der Waals surface area contributed by atoms with E-state index in [9.17, 15) is 9.18 Å². The summed E-state index contributed by atoms with van der Waals surface area (Å²) in [4.78, 5) is 16.5. The number of carbonyl (C=O) groups excluding carboxylic acids is 1. The number of rotatable bonds is 6. The predicted octanol–water partition coefficient (Wildman–Crippen LogP) is 5.29. The molecule has 6 nitrogen and oxygen atoms in total. The Balaban J connectivity index is 1.34. The Bertz CT molecular complexity index is 1110. The van der Waals surface area contributed by atoms with Gasteiger partial charge in [-0.2, -0.15) is 11.3 Å². The molecule has 0 bridgehead atoms. The van der Waals surface area contributed by atoms with E-state index < -0.39 is 5.82 Å². The van der Waals surface area contributed by atoms with Crippen LogP contribution in [0.5, 0.6) is 0 Å². The van der Waals surface area contributed by atoms with Crippen molar-refractivity contribution < 1.29 is 13.6 Å². The minimum Gasteiger partial charge on any atom is -0.421 e. The Morgan fingerprint density at radius 1 is 1.21 bits per heavy atom. The molecule has 4 rings (SSSR count). The molecule has 0 aliphatic heterocycles. The average molecular weight is 435 g/mol. The van der Waals surface area contributed by atoms with Crippen molar-refractivity contribution in [1.82, 2.24) is 15.2 Å². The maximum absolute atomic E-state index is 13.3. The van der Waals surface area contributed by atoms with Crippen LogP contribution in [0, 0.1) is 5.82 Å². The quantitative estimate of drug-likeness (QED) is 0.446. The van der Waals surface area contributed by atoms with E-state index in [0.29, 0.717) is 34.6 Å². The van der Waals surface area contributed by atoms with Crippen LogP contribution >= 0.6 is 34.3 Å². The molecule has 0 unspecified atom stereocenters. The fourth-order valence-electron chi connectivity index (χ4n) is 2.38. The fourth-order valence-corrected chi connectivity index (χ4v) is 3.93. The zero-order chi connectivity index (χ0) is 19.5. The summed E-state index contributed by atoms with van der Waals surface area (Å²) in [6, 6.07) is 6.26. The predicted molar refractivity (Wildman–Crippen MR) is 107 cm³/mol. The monoisotopic (exact) mass is 434 g/mol. The summed E-state index contributed by atoms with van der Waals surface area (Å²) in [5, 5.41) is 16.8. The molecule has 28 heavy (non-hydrogen) atoms. The van der Waals surface area contributed by atoms with Gasteiger partial charge in [-0.05, 0) is 29.6 Å². The molecule has 0 fully saturated rings. The number of amides is 1. The van der Waals surface area contributed by atoms with Crippen LogP contribution in [0.25, 0.3) is 22.7 Å². The number of hydrogen-bond donors (Lipinski definition) is 1. The molecule has 10 heteroatoms. The first-order chi connectivity index (χ1) is 13.6. The maximum atomic E-state index is 13.3. The highest BCUT2D eigenvalue weighted by atomic mass is 35.5. The molecule has 4 aromatic rings.